The van der Waals surface area contributed by atoms with Crippen molar-refractivity contribution in [3.63, 3.8) is 0 Å². The Labute approximate surface area is 128 Å². The minimum atomic E-state index is 0.434. The number of methoxy groups -OCH3 is 1. The predicted molar refractivity (Wildman–Crippen MR) is 84.7 cm³/mol. The molecule has 1 aliphatic rings. The molecule has 0 unspecified atom stereocenters. The lowest BCUT2D eigenvalue weighted by molar-refractivity contribution is 0.415. The molecule has 7 nitrogen and oxygen atoms in total. The average molecular weight is 298 g/mol. The number of H-pyrrole nitrogens is 1. The van der Waals surface area contributed by atoms with E-state index in [0.717, 1.165) is 17.3 Å². The van der Waals surface area contributed by atoms with Crippen LogP contribution >= 0.6 is 0 Å². The molecule has 1 aliphatic carbocycles. The van der Waals surface area contributed by atoms with Crippen LogP contribution in [0.2, 0.25) is 0 Å². The van der Waals surface area contributed by atoms with Gasteiger partial charge in [-0.15, -0.1) is 10.2 Å². The Hall–Kier alpha value is -2.83. The Kier molecular flexibility index (Phi) is 4.33. The molecule has 3 rings (SSSR count). The van der Waals surface area contributed by atoms with E-state index in [1.54, 1.807) is 13.3 Å². The molecular weight excluding hydrogens is 280 g/mol. The first-order valence-corrected chi connectivity index (χ1v) is 7.12. The monoisotopic (exact) mass is 298 g/mol. The van der Waals surface area contributed by atoms with Gasteiger partial charge in [0.25, 0.3) is 0 Å². The zero-order valence-electron chi connectivity index (χ0n) is 12.3. The van der Waals surface area contributed by atoms with Crippen molar-refractivity contribution in [2.45, 2.75) is 18.9 Å². The van der Waals surface area contributed by atoms with Gasteiger partial charge in [0.1, 0.15) is 11.6 Å². The van der Waals surface area contributed by atoms with Crippen molar-refractivity contribution in [3.8, 4) is 5.75 Å². The largest absolute Gasteiger partial charge is 0.497 e. The topological polar surface area (TPSA) is 87.8 Å². The predicted octanol–water partition coefficient (Wildman–Crippen LogP) is 2.65. The maximum absolute atomic E-state index is 5.20. The molecule has 2 aromatic rings. The van der Waals surface area contributed by atoms with Gasteiger partial charge < -0.3 is 15.4 Å². The molecule has 114 valence electrons. The quantitative estimate of drug-likeness (QED) is 0.786. The van der Waals surface area contributed by atoms with Gasteiger partial charge in [0, 0.05) is 24.0 Å². The van der Waals surface area contributed by atoms with Crippen LogP contribution in [-0.2, 0) is 0 Å². The molecule has 0 radical (unpaired) electrons. The molecule has 0 spiro atoms. The Morgan fingerprint density at radius 2 is 2.09 bits per heavy atom. The van der Waals surface area contributed by atoms with Crippen molar-refractivity contribution < 1.29 is 4.74 Å². The third kappa shape index (κ3) is 4.08. The lowest BCUT2D eigenvalue weighted by Gasteiger charge is -2.05. The van der Waals surface area contributed by atoms with E-state index in [2.05, 4.69) is 31.0 Å². The summed E-state index contributed by atoms with van der Waals surface area (Å²) in [6.45, 7) is 0. The highest BCUT2D eigenvalue weighted by Crippen LogP contribution is 2.23. The summed E-state index contributed by atoms with van der Waals surface area (Å²) in [5.74, 6) is 1.92. The Morgan fingerprint density at radius 3 is 2.91 bits per heavy atom. The second-order valence-electron chi connectivity index (χ2n) is 4.96. The van der Waals surface area contributed by atoms with E-state index >= 15 is 0 Å². The highest BCUT2D eigenvalue weighted by atomic mass is 16.5. The van der Waals surface area contributed by atoms with Crippen molar-refractivity contribution in [3.05, 3.63) is 42.6 Å². The van der Waals surface area contributed by atoms with Crippen LogP contribution in [0.3, 0.4) is 0 Å². The molecule has 0 bridgehead atoms. The summed E-state index contributed by atoms with van der Waals surface area (Å²) in [5.41, 5.74) is 0.833. The molecule has 1 saturated carbocycles. The molecule has 3 N–H and O–H groups in total. The minimum absolute atomic E-state index is 0.434. The zero-order valence-corrected chi connectivity index (χ0v) is 12.3. The van der Waals surface area contributed by atoms with E-state index in [1.165, 1.54) is 12.8 Å². The molecule has 0 aliphatic heterocycles. The Morgan fingerprint density at radius 1 is 1.18 bits per heavy atom. The number of hydrogen-bond donors (Lipinski definition) is 3. The van der Waals surface area contributed by atoms with Crippen LogP contribution in [0.15, 0.2) is 42.6 Å². The summed E-state index contributed by atoms with van der Waals surface area (Å²) >= 11 is 0. The van der Waals surface area contributed by atoms with Gasteiger partial charge in [-0.25, -0.2) is 5.10 Å². The van der Waals surface area contributed by atoms with Crippen LogP contribution in [0.4, 0.5) is 17.5 Å². The molecule has 0 atom stereocenters. The molecule has 1 fully saturated rings. The highest BCUT2D eigenvalue weighted by molar-refractivity contribution is 5.55. The van der Waals surface area contributed by atoms with E-state index in [1.807, 2.05) is 36.4 Å². The second kappa shape index (κ2) is 6.75. The smallest absolute Gasteiger partial charge is 0.241 e. The molecule has 0 amide bonds. The van der Waals surface area contributed by atoms with Crippen molar-refractivity contribution >= 4 is 17.5 Å². The summed E-state index contributed by atoms with van der Waals surface area (Å²) in [7, 11) is 1.63. The molecule has 1 aromatic heterocycles. The lowest BCUT2D eigenvalue weighted by atomic mass is 10.3. The number of nitrogens with one attached hydrogen (secondary N) is 3. The molecular formula is C15H18N6O. The minimum Gasteiger partial charge on any atom is -0.497 e. The molecule has 1 heterocycles. The van der Waals surface area contributed by atoms with Crippen LogP contribution in [0.25, 0.3) is 0 Å². The molecule has 22 heavy (non-hydrogen) atoms. The van der Waals surface area contributed by atoms with Crippen LogP contribution < -0.4 is 15.4 Å². The first-order chi connectivity index (χ1) is 10.8. The van der Waals surface area contributed by atoms with Gasteiger partial charge in [0.15, 0.2) is 0 Å². The summed E-state index contributed by atoms with van der Waals surface area (Å²) < 4.78 is 5.20. The van der Waals surface area contributed by atoms with Gasteiger partial charge in [0.05, 0.1) is 7.11 Å². The second-order valence-corrected chi connectivity index (χ2v) is 4.96. The third-order valence-corrected chi connectivity index (χ3v) is 3.10. The Bertz CT molecular complexity index is 681. The fraction of sp³-hybridized carbons (Fsp3) is 0.267. The summed E-state index contributed by atoms with van der Waals surface area (Å²) in [5, 5.41) is 21.7. The molecule has 0 saturated heterocycles. The number of aromatic nitrogens is 4. The van der Waals surface area contributed by atoms with Gasteiger partial charge in [0.2, 0.25) is 5.95 Å². The van der Waals surface area contributed by atoms with Gasteiger partial charge in [-0.05, 0) is 37.1 Å². The number of anilines is 3. The number of rotatable bonds is 5. The molecule has 1 aromatic carbocycles. The number of ether oxygens (including phenoxy) is 1. The van der Waals surface area contributed by atoms with E-state index in [0.29, 0.717) is 12.0 Å². The number of nitrogens with zero attached hydrogens (tertiary/aromatic N) is 3. The van der Waals surface area contributed by atoms with Crippen LogP contribution in [0.1, 0.15) is 12.8 Å². The van der Waals surface area contributed by atoms with Gasteiger partial charge >= 0.3 is 0 Å². The standard InChI is InChI=1S/C15H18N6O/c1-22-13-5-2-4-12(10-13)18-15-20-16-9-3-6-14(19-21-15)17-11-7-8-11/h2-6,9-11H,7-8H2,1H3,(H,17,19)(H2,18,20,21). The van der Waals surface area contributed by atoms with Gasteiger partial charge in [-0.2, -0.15) is 5.10 Å². The highest BCUT2D eigenvalue weighted by Gasteiger charge is 2.20. The first-order valence-electron chi connectivity index (χ1n) is 7.12. The summed E-state index contributed by atoms with van der Waals surface area (Å²) in [4.78, 5) is 0. The average Bonchev–Trinajstić information content (AvgIpc) is 3.33. The fourth-order valence-electron chi connectivity index (χ4n) is 1.84. The first kappa shape index (κ1) is 14.1. The number of hydrogen-bond acceptors (Lipinski definition) is 6. The van der Waals surface area contributed by atoms with Crippen molar-refractivity contribution in [2.75, 3.05) is 17.7 Å². The number of benzene rings is 1. The maximum atomic E-state index is 5.20. The lowest BCUT2D eigenvalue weighted by Crippen LogP contribution is -2.03. The molecule has 7 heteroatoms. The normalized spacial score (nSPS) is 13.1. The van der Waals surface area contributed by atoms with E-state index in [-0.39, 0.29) is 0 Å². The van der Waals surface area contributed by atoms with Crippen LogP contribution in [-0.4, -0.2) is 33.5 Å². The van der Waals surface area contributed by atoms with Gasteiger partial charge in [-0.1, -0.05) is 6.07 Å². The van der Waals surface area contributed by atoms with E-state index < -0.39 is 0 Å². The Balaban J connectivity index is 1.83. The van der Waals surface area contributed by atoms with Crippen LogP contribution in [0, 0.1) is 0 Å². The van der Waals surface area contributed by atoms with Crippen LogP contribution in [0.5, 0.6) is 5.75 Å². The van der Waals surface area contributed by atoms with E-state index in [9.17, 15) is 0 Å². The van der Waals surface area contributed by atoms with Gasteiger partial charge in [-0.3, -0.25) is 0 Å². The summed E-state index contributed by atoms with van der Waals surface area (Å²) in [6.07, 6.45) is 4.01. The van der Waals surface area contributed by atoms with Crippen molar-refractivity contribution in [1.82, 2.24) is 20.4 Å². The maximum Gasteiger partial charge on any atom is 0.241 e. The SMILES string of the molecule is COc1cccc(Nc2nnc(NC3CC3)cccn[nH]2)c1. The zero-order chi connectivity index (χ0) is 15.2. The van der Waals surface area contributed by atoms with Crippen molar-refractivity contribution in [1.29, 1.82) is 0 Å². The van der Waals surface area contributed by atoms with E-state index in [4.69, 9.17) is 4.74 Å². The third-order valence-electron chi connectivity index (χ3n) is 3.10. The number of aromatic amines is 1. The van der Waals surface area contributed by atoms with Crippen molar-refractivity contribution in [2.24, 2.45) is 0 Å². The fourth-order valence-corrected chi connectivity index (χ4v) is 1.84. The summed E-state index contributed by atoms with van der Waals surface area (Å²) in [6, 6.07) is 11.7.